The third-order valence-corrected chi connectivity index (χ3v) is 3.22. The molecule has 2 N–H and O–H groups in total. The fourth-order valence-corrected chi connectivity index (χ4v) is 2.36. The topological polar surface area (TPSA) is 61.8 Å². The van der Waals surface area contributed by atoms with Gasteiger partial charge in [0.05, 0.1) is 18.2 Å². The monoisotopic (exact) mass is 272 g/mol. The number of amides is 2. The van der Waals surface area contributed by atoms with E-state index < -0.39 is 5.60 Å². The molecule has 1 aliphatic carbocycles. The summed E-state index contributed by atoms with van der Waals surface area (Å²) < 4.78 is 5.72. The average molecular weight is 272 g/mol. The summed E-state index contributed by atoms with van der Waals surface area (Å²) in [4.78, 5) is 13.2. The lowest BCUT2D eigenvalue weighted by Gasteiger charge is -2.25. The Morgan fingerprint density at radius 2 is 2.05 bits per heavy atom. The van der Waals surface area contributed by atoms with E-state index in [1.54, 1.807) is 20.9 Å². The highest BCUT2D eigenvalue weighted by Crippen LogP contribution is 2.20. The molecule has 0 heterocycles. The molecule has 1 rings (SSSR count). The lowest BCUT2D eigenvalue weighted by atomic mass is 10.1. The second-order valence-corrected chi connectivity index (χ2v) is 6.03. The predicted octanol–water partition coefficient (Wildman–Crippen LogP) is 1.75. The van der Waals surface area contributed by atoms with Crippen molar-refractivity contribution in [2.24, 2.45) is 0 Å². The molecule has 0 aliphatic heterocycles. The minimum Gasteiger partial charge on any atom is -0.389 e. The van der Waals surface area contributed by atoms with Crippen LogP contribution in [0.25, 0.3) is 0 Å². The van der Waals surface area contributed by atoms with Crippen LogP contribution in [0.2, 0.25) is 0 Å². The number of carbonyl (C=O) groups is 1. The van der Waals surface area contributed by atoms with E-state index >= 15 is 0 Å². The molecule has 5 heteroatoms. The van der Waals surface area contributed by atoms with Gasteiger partial charge in [-0.15, -0.1) is 0 Å². The third kappa shape index (κ3) is 7.38. The van der Waals surface area contributed by atoms with Crippen molar-refractivity contribution in [1.29, 1.82) is 0 Å². The predicted molar refractivity (Wildman–Crippen MR) is 75.2 cm³/mol. The maximum Gasteiger partial charge on any atom is 0.317 e. The molecule has 1 saturated carbocycles. The maximum atomic E-state index is 11.7. The van der Waals surface area contributed by atoms with Crippen LogP contribution in [0.5, 0.6) is 0 Å². The average Bonchev–Trinajstić information content (AvgIpc) is 2.79. The minimum absolute atomic E-state index is 0.150. The summed E-state index contributed by atoms with van der Waals surface area (Å²) in [6.07, 6.45) is 6.19. The summed E-state index contributed by atoms with van der Waals surface area (Å²) in [5.41, 5.74) is -0.863. The molecule has 112 valence electrons. The Morgan fingerprint density at radius 3 is 2.63 bits per heavy atom. The van der Waals surface area contributed by atoms with Gasteiger partial charge in [0.15, 0.2) is 0 Å². The summed E-state index contributed by atoms with van der Waals surface area (Å²) in [5.74, 6) is 0. The van der Waals surface area contributed by atoms with E-state index in [4.69, 9.17) is 4.74 Å². The van der Waals surface area contributed by atoms with Crippen LogP contribution >= 0.6 is 0 Å². The molecule has 19 heavy (non-hydrogen) atoms. The number of aliphatic hydroxyl groups is 1. The van der Waals surface area contributed by atoms with Crippen molar-refractivity contribution in [3.8, 4) is 0 Å². The van der Waals surface area contributed by atoms with E-state index in [2.05, 4.69) is 5.32 Å². The Morgan fingerprint density at radius 1 is 1.42 bits per heavy atom. The Balaban J connectivity index is 2.03. The third-order valence-electron chi connectivity index (χ3n) is 3.22. The molecule has 0 unspecified atom stereocenters. The SMILES string of the molecule is CN(CC(C)(C)O)C(=O)NCCCOC1CCCC1. The number of ether oxygens (including phenoxy) is 1. The number of urea groups is 1. The second-order valence-electron chi connectivity index (χ2n) is 6.03. The minimum atomic E-state index is -0.863. The van der Waals surface area contributed by atoms with E-state index in [0.29, 0.717) is 25.8 Å². The van der Waals surface area contributed by atoms with Crippen LogP contribution in [0.4, 0.5) is 4.79 Å². The molecule has 0 bridgehead atoms. The van der Waals surface area contributed by atoms with Gasteiger partial charge >= 0.3 is 6.03 Å². The Labute approximate surface area is 116 Å². The molecule has 0 aromatic rings. The van der Waals surface area contributed by atoms with E-state index in [-0.39, 0.29) is 6.03 Å². The fourth-order valence-electron chi connectivity index (χ4n) is 2.36. The van der Waals surface area contributed by atoms with Gasteiger partial charge < -0.3 is 20.1 Å². The van der Waals surface area contributed by atoms with Crippen molar-refractivity contribution in [1.82, 2.24) is 10.2 Å². The number of rotatable bonds is 7. The highest BCUT2D eigenvalue weighted by molar-refractivity contribution is 5.73. The zero-order chi connectivity index (χ0) is 14.3. The molecule has 0 spiro atoms. The zero-order valence-electron chi connectivity index (χ0n) is 12.4. The van der Waals surface area contributed by atoms with Gasteiger partial charge in [0.2, 0.25) is 0 Å². The molecule has 0 aromatic heterocycles. The molecule has 5 nitrogen and oxygen atoms in total. The van der Waals surface area contributed by atoms with Crippen LogP contribution < -0.4 is 5.32 Å². The Hall–Kier alpha value is -0.810. The highest BCUT2D eigenvalue weighted by Gasteiger charge is 2.19. The molecule has 0 atom stereocenters. The van der Waals surface area contributed by atoms with Crippen LogP contribution in [-0.2, 0) is 4.74 Å². The van der Waals surface area contributed by atoms with Crippen molar-refractivity contribution >= 4 is 6.03 Å². The van der Waals surface area contributed by atoms with Gasteiger partial charge in [-0.3, -0.25) is 0 Å². The first-order valence-electron chi connectivity index (χ1n) is 7.21. The molecule has 0 aromatic carbocycles. The maximum absolute atomic E-state index is 11.7. The van der Waals surface area contributed by atoms with Gasteiger partial charge in [-0.1, -0.05) is 12.8 Å². The zero-order valence-corrected chi connectivity index (χ0v) is 12.4. The molecular formula is C14H28N2O3. The molecule has 1 aliphatic rings. The van der Waals surface area contributed by atoms with E-state index in [1.807, 2.05) is 0 Å². The van der Waals surface area contributed by atoms with Crippen LogP contribution in [0, 0.1) is 0 Å². The first-order chi connectivity index (χ1) is 8.88. The summed E-state index contributed by atoms with van der Waals surface area (Å²) >= 11 is 0. The van der Waals surface area contributed by atoms with Crippen molar-refractivity contribution in [2.75, 3.05) is 26.7 Å². The summed E-state index contributed by atoms with van der Waals surface area (Å²) in [6.45, 7) is 5.01. The highest BCUT2D eigenvalue weighted by atomic mass is 16.5. The van der Waals surface area contributed by atoms with Gasteiger partial charge in [-0.05, 0) is 33.1 Å². The molecular weight excluding hydrogens is 244 g/mol. The van der Waals surface area contributed by atoms with Gasteiger partial charge in [-0.2, -0.15) is 0 Å². The lowest BCUT2D eigenvalue weighted by Crippen LogP contribution is -2.44. The van der Waals surface area contributed by atoms with Crippen LogP contribution in [0.1, 0.15) is 46.0 Å². The first-order valence-corrected chi connectivity index (χ1v) is 7.21. The van der Waals surface area contributed by atoms with Gasteiger partial charge in [0, 0.05) is 20.2 Å². The van der Waals surface area contributed by atoms with E-state index in [9.17, 15) is 9.90 Å². The number of likely N-dealkylation sites (N-methyl/N-ethyl adjacent to an activating group) is 1. The fraction of sp³-hybridized carbons (Fsp3) is 0.929. The molecule has 2 amide bonds. The summed E-state index contributed by atoms with van der Waals surface area (Å²) in [5, 5.41) is 12.5. The van der Waals surface area contributed by atoms with Crippen molar-refractivity contribution in [3.63, 3.8) is 0 Å². The molecule has 0 saturated heterocycles. The lowest BCUT2D eigenvalue weighted by molar-refractivity contribution is 0.0511. The summed E-state index contributed by atoms with van der Waals surface area (Å²) in [7, 11) is 1.68. The van der Waals surface area contributed by atoms with Crippen molar-refractivity contribution in [3.05, 3.63) is 0 Å². The smallest absolute Gasteiger partial charge is 0.317 e. The van der Waals surface area contributed by atoms with E-state index in [0.717, 1.165) is 6.42 Å². The number of nitrogens with zero attached hydrogens (tertiary/aromatic N) is 1. The van der Waals surface area contributed by atoms with Crippen molar-refractivity contribution < 1.29 is 14.6 Å². The quantitative estimate of drug-likeness (QED) is 0.694. The molecule has 0 radical (unpaired) electrons. The van der Waals surface area contributed by atoms with Crippen LogP contribution in [-0.4, -0.2) is 54.5 Å². The van der Waals surface area contributed by atoms with Gasteiger partial charge in [-0.25, -0.2) is 4.79 Å². The Kier molecular flexibility index (Phi) is 6.58. The largest absolute Gasteiger partial charge is 0.389 e. The number of nitrogens with one attached hydrogen (secondary N) is 1. The normalized spacial score (nSPS) is 16.6. The van der Waals surface area contributed by atoms with Gasteiger partial charge in [0.1, 0.15) is 0 Å². The Bertz CT molecular complexity index is 270. The van der Waals surface area contributed by atoms with Crippen molar-refractivity contribution in [2.45, 2.75) is 57.7 Å². The standard InChI is InChI=1S/C14H28N2O3/c1-14(2,18)11-16(3)13(17)15-9-6-10-19-12-7-4-5-8-12/h12,18H,4-11H2,1-3H3,(H,15,17). The first kappa shape index (κ1) is 16.2. The van der Waals surface area contributed by atoms with Crippen LogP contribution in [0.3, 0.4) is 0 Å². The summed E-state index contributed by atoms with van der Waals surface area (Å²) in [6, 6.07) is -0.150. The van der Waals surface area contributed by atoms with E-state index in [1.165, 1.54) is 30.6 Å². The number of hydrogen-bond acceptors (Lipinski definition) is 3. The molecule has 1 fully saturated rings. The van der Waals surface area contributed by atoms with Gasteiger partial charge in [0.25, 0.3) is 0 Å². The second kappa shape index (κ2) is 7.70. The van der Waals surface area contributed by atoms with Crippen LogP contribution in [0.15, 0.2) is 0 Å². The number of hydrogen-bond donors (Lipinski definition) is 2. The number of carbonyl (C=O) groups excluding carboxylic acids is 1.